The van der Waals surface area contributed by atoms with Gasteiger partial charge in [0.25, 0.3) is 0 Å². The number of aromatic nitrogens is 1. The Morgan fingerprint density at radius 1 is 1.02 bits per heavy atom. The Hall–Kier alpha value is -3.68. The van der Waals surface area contributed by atoms with Gasteiger partial charge in [0.1, 0.15) is 0 Å². The first-order chi connectivity index (χ1) is 20.7. The van der Waals surface area contributed by atoms with Crippen LogP contribution in [0.25, 0.3) is 22.7 Å². The lowest BCUT2D eigenvalue weighted by atomic mass is 9.78. The number of nitriles is 1. The van der Waals surface area contributed by atoms with Gasteiger partial charge in [-0.25, -0.2) is 0 Å². The third-order valence-corrected chi connectivity index (χ3v) is 12.4. The summed E-state index contributed by atoms with van der Waals surface area (Å²) in [5.41, 5.74) is 9.73. The Morgan fingerprint density at radius 3 is 2.86 bits per heavy atom. The molecule has 4 aliphatic carbocycles. The van der Waals surface area contributed by atoms with Crippen LogP contribution < -0.4 is 0 Å². The van der Waals surface area contributed by atoms with E-state index in [1.54, 1.807) is 0 Å². The molecule has 3 heterocycles. The molecule has 9 rings (SSSR count). The summed E-state index contributed by atoms with van der Waals surface area (Å²) >= 11 is 2.08. The standard InChI is InChI=1S/C38H35N3S/c1-38-21-7-6-14-30(38)28-11-3-5-16-32(28)41(38)33-17-8-12-26-25-10-2-4-15-31(25)40(36(26)33)34-18-9-13-27-29-22-24(23-39)19-20-35(29)42-37(27)34/h2,4,6-16,18,21,24,29-30,33,35H,3,5,17,19-20,22H2,1H3/t24?,29?,30?,33?,35?,38-/m0/s1. The summed E-state index contributed by atoms with van der Waals surface area (Å²) in [7, 11) is 0. The van der Waals surface area contributed by atoms with Crippen molar-refractivity contribution in [2.75, 3.05) is 0 Å². The molecule has 1 saturated carbocycles. The molecule has 0 amide bonds. The Kier molecular flexibility index (Phi) is 5.42. The zero-order chi connectivity index (χ0) is 28.0. The molecule has 1 aromatic heterocycles. The van der Waals surface area contributed by atoms with Gasteiger partial charge in [-0.3, -0.25) is 0 Å². The maximum Gasteiger partial charge on any atom is 0.0747 e. The minimum Gasteiger partial charge on any atom is -0.353 e. The summed E-state index contributed by atoms with van der Waals surface area (Å²) < 4.78 is 2.63. The van der Waals surface area contributed by atoms with Crippen LogP contribution in [0.4, 0.5) is 0 Å². The molecule has 0 bridgehead atoms. The van der Waals surface area contributed by atoms with Crippen molar-refractivity contribution in [1.82, 2.24) is 9.47 Å². The lowest BCUT2D eigenvalue weighted by Crippen LogP contribution is -2.46. The van der Waals surface area contributed by atoms with Gasteiger partial charge in [0.05, 0.1) is 34.5 Å². The number of hydrogen-bond acceptors (Lipinski definition) is 3. The van der Waals surface area contributed by atoms with Crippen LogP contribution in [0.15, 0.2) is 101 Å². The Bertz CT molecular complexity index is 1840. The highest BCUT2D eigenvalue weighted by Gasteiger charge is 2.52. The van der Waals surface area contributed by atoms with Crippen LogP contribution in [-0.4, -0.2) is 20.3 Å². The Labute approximate surface area is 252 Å². The number of benzene rings is 2. The van der Waals surface area contributed by atoms with Gasteiger partial charge in [-0.15, -0.1) is 11.8 Å². The van der Waals surface area contributed by atoms with Gasteiger partial charge < -0.3 is 9.47 Å². The summed E-state index contributed by atoms with van der Waals surface area (Å²) in [6.07, 6.45) is 25.6. The van der Waals surface area contributed by atoms with Crippen molar-refractivity contribution in [1.29, 1.82) is 5.26 Å². The van der Waals surface area contributed by atoms with Crippen molar-refractivity contribution < 1.29 is 0 Å². The predicted molar refractivity (Wildman–Crippen MR) is 172 cm³/mol. The Morgan fingerprint density at radius 2 is 1.93 bits per heavy atom. The molecular formula is C38H35N3S. The monoisotopic (exact) mass is 565 g/mol. The van der Waals surface area contributed by atoms with Crippen LogP contribution in [0, 0.1) is 23.2 Å². The lowest BCUT2D eigenvalue weighted by Gasteiger charge is -2.44. The zero-order valence-corrected chi connectivity index (χ0v) is 24.9. The fraction of sp³-hybridized carbons (Fsp3) is 0.342. The number of rotatable bonds is 2. The number of fused-ring (bicyclic) bond motifs is 9. The molecule has 6 atom stereocenters. The highest BCUT2D eigenvalue weighted by molar-refractivity contribution is 8.00. The van der Waals surface area contributed by atoms with Crippen molar-refractivity contribution in [2.45, 2.75) is 73.1 Å². The number of thioether (sulfide) groups is 1. The first-order valence-corrected chi connectivity index (χ1v) is 16.6. The van der Waals surface area contributed by atoms with Crippen LogP contribution in [0.1, 0.15) is 74.2 Å². The number of hydrogen-bond donors (Lipinski definition) is 0. The average Bonchev–Trinajstić information content (AvgIpc) is 3.66. The highest BCUT2D eigenvalue weighted by Crippen LogP contribution is 2.58. The SMILES string of the molecule is C[C@]12C=CC=CC1C1=CCCC=C1N2C1CC=Cc2c1n(-c1cccc3c1SC1CCC(C#N)CC31)c1ccccc21. The van der Waals surface area contributed by atoms with Crippen LogP contribution in [-0.2, 0) is 0 Å². The topological polar surface area (TPSA) is 32.0 Å². The van der Waals surface area contributed by atoms with Crippen molar-refractivity contribution in [3.8, 4) is 11.8 Å². The fourth-order valence-electron chi connectivity index (χ4n) is 9.06. The lowest BCUT2D eigenvalue weighted by molar-refractivity contribution is 0.146. The number of para-hydroxylation sites is 1. The molecule has 2 aliphatic heterocycles. The van der Waals surface area contributed by atoms with E-state index in [-0.39, 0.29) is 17.5 Å². The number of likely N-dealkylation sites (tertiary alicyclic amines) is 1. The van der Waals surface area contributed by atoms with E-state index in [9.17, 15) is 5.26 Å². The van der Waals surface area contributed by atoms with E-state index in [2.05, 4.69) is 125 Å². The van der Waals surface area contributed by atoms with E-state index >= 15 is 0 Å². The molecule has 2 aromatic carbocycles. The minimum atomic E-state index is -0.0974. The molecule has 0 spiro atoms. The van der Waals surface area contributed by atoms with Crippen molar-refractivity contribution in [3.05, 3.63) is 113 Å². The molecule has 2 fully saturated rings. The Balaban J connectivity index is 1.27. The predicted octanol–water partition coefficient (Wildman–Crippen LogP) is 9.39. The van der Waals surface area contributed by atoms with Gasteiger partial charge in [0.2, 0.25) is 0 Å². The van der Waals surface area contributed by atoms with E-state index in [0.717, 1.165) is 38.5 Å². The maximum atomic E-state index is 9.74. The number of nitrogens with zero attached hydrogens (tertiary/aromatic N) is 3. The maximum absolute atomic E-state index is 9.74. The normalized spacial score (nSPS) is 32.0. The first-order valence-electron chi connectivity index (χ1n) is 15.7. The second kappa shape index (κ2) is 9.16. The first kappa shape index (κ1) is 24.9. The molecule has 1 saturated heterocycles. The second-order valence-electron chi connectivity index (χ2n) is 13.0. The summed E-state index contributed by atoms with van der Waals surface area (Å²) in [5, 5.41) is 11.7. The van der Waals surface area contributed by atoms with Crippen molar-refractivity contribution in [2.24, 2.45) is 11.8 Å². The van der Waals surface area contributed by atoms with Gasteiger partial charge in [-0.1, -0.05) is 78.9 Å². The summed E-state index contributed by atoms with van der Waals surface area (Å²) in [5.74, 6) is 1.05. The summed E-state index contributed by atoms with van der Waals surface area (Å²) in [6, 6.07) is 18.8. The summed E-state index contributed by atoms with van der Waals surface area (Å²) in [6.45, 7) is 2.45. The third-order valence-electron chi connectivity index (χ3n) is 10.9. The molecule has 6 aliphatic rings. The van der Waals surface area contributed by atoms with E-state index in [1.165, 1.54) is 49.6 Å². The largest absolute Gasteiger partial charge is 0.353 e. The van der Waals surface area contributed by atoms with E-state index in [4.69, 9.17) is 0 Å². The van der Waals surface area contributed by atoms with Crippen LogP contribution in [0.3, 0.4) is 0 Å². The molecule has 208 valence electrons. The quantitative estimate of drug-likeness (QED) is 0.310. The minimum absolute atomic E-state index is 0.0974. The van der Waals surface area contributed by atoms with E-state index in [1.807, 2.05) is 0 Å². The fourth-order valence-corrected chi connectivity index (χ4v) is 10.7. The molecule has 3 aromatic rings. The van der Waals surface area contributed by atoms with Crippen LogP contribution >= 0.6 is 11.8 Å². The molecule has 0 N–H and O–H groups in total. The highest BCUT2D eigenvalue weighted by atomic mass is 32.2. The van der Waals surface area contributed by atoms with Crippen molar-refractivity contribution >= 4 is 28.7 Å². The van der Waals surface area contributed by atoms with Gasteiger partial charge in [0.15, 0.2) is 0 Å². The van der Waals surface area contributed by atoms with E-state index in [0.29, 0.717) is 17.1 Å². The molecule has 3 nitrogen and oxygen atoms in total. The van der Waals surface area contributed by atoms with Crippen molar-refractivity contribution in [3.63, 3.8) is 0 Å². The van der Waals surface area contributed by atoms with Gasteiger partial charge >= 0.3 is 0 Å². The van der Waals surface area contributed by atoms with Gasteiger partial charge in [-0.05, 0) is 74.6 Å². The average molecular weight is 566 g/mol. The second-order valence-corrected chi connectivity index (χ2v) is 14.3. The van der Waals surface area contributed by atoms with Gasteiger partial charge in [0, 0.05) is 38.6 Å². The molecular weight excluding hydrogens is 531 g/mol. The molecule has 5 unspecified atom stereocenters. The smallest absolute Gasteiger partial charge is 0.0747 e. The van der Waals surface area contributed by atoms with Crippen LogP contribution in [0.5, 0.6) is 0 Å². The number of allylic oxidation sites excluding steroid dienone is 5. The summed E-state index contributed by atoms with van der Waals surface area (Å²) in [4.78, 5) is 4.22. The third kappa shape index (κ3) is 3.29. The van der Waals surface area contributed by atoms with Crippen LogP contribution in [0.2, 0.25) is 0 Å². The molecule has 0 radical (unpaired) electrons. The molecule has 4 heteroatoms. The van der Waals surface area contributed by atoms with E-state index < -0.39 is 0 Å². The molecule has 42 heavy (non-hydrogen) atoms. The van der Waals surface area contributed by atoms with Gasteiger partial charge in [-0.2, -0.15) is 5.26 Å². The zero-order valence-electron chi connectivity index (χ0n) is 24.0.